The first-order chi connectivity index (χ1) is 20.3. The summed E-state index contributed by atoms with van der Waals surface area (Å²) < 4.78 is 2.39. The first kappa shape index (κ1) is 24.1. The third kappa shape index (κ3) is 4.31. The van der Waals surface area contributed by atoms with Crippen molar-refractivity contribution in [1.29, 1.82) is 0 Å². The number of hydrogen-bond donors (Lipinski definition) is 0. The molecule has 3 heterocycles. The Kier molecular flexibility index (Phi) is 5.91. The maximum absolute atomic E-state index is 2.39. The minimum Gasteiger partial charge on any atom is -0.309 e. The van der Waals surface area contributed by atoms with E-state index in [2.05, 4.69) is 156 Å². The lowest BCUT2D eigenvalue weighted by Gasteiger charge is -2.09. The number of benzene rings is 5. The van der Waals surface area contributed by atoms with Crippen LogP contribution in [0.4, 0.5) is 0 Å². The van der Waals surface area contributed by atoms with Crippen molar-refractivity contribution in [2.45, 2.75) is 0 Å². The quantitative estimate of drug-likeness (QED) is 0.198. The van der Waals surface area contributed by atoms with Crippen LogP contribution in [-0.4, -0.2) is 4.57 Å². The minimum atomic E-state index is 1.18. The van der Waals surface area contributed by atoms with Crippen molar-refractivity contribution in [2.24, 2.45) is 0 Å². The molecule has 0 saturated carbocycles. The Bertz CT molecular complexity index is 2130. The third-order valence-electron chi connectivity index (χ3n) is 7.70. The van der Waals surface area contributed by atoms with Crippen LogP contribution in [-0.2, 0) is 0 Å². The number of hydrogen-bond acceptors (Lipinski definition) is 2. The summed E-state index contributed by atoms with van der Waals surface area (Å²) >= 11 is 3.69. The predicted octanol–water partition coefficient (Wildman–Crippen LogP) is 11.6. The molecule has 0 saturated heterocycles. The average Bonchev–Trinajstić information content (AvgIpc) is 3.80. The van der Waals surface area contributed by atoms with Crippen LogP contribution in [0.15, 0.2) is 152 Å². The molecule has 0 atom stereocenters. The number of para-hydroxylation sites is 1. The fraction of sp³-hybridized carbons (Fsp3) is 0. The van der Waals surface area contributed by atoms with Gasteiger partial charge < -0.3 is 4.57 Å². The van der Waals surface area contributed by atoms with Gasteiger partial charge in [-0.3, -0.25) is 0 Å². The number of rotatable bonds is 5. The molecule has 194 valence electrons. The molecule has 3 aromatic heterocycles. The first-order valence-corrected chi connectivity index (χ1v) is 15.4. The van der Waals surface area contributed by atoms with Gasteiger partial charge in [0.1, 0.15) is 0 Å². The van der Waals surface area contributed by atoms with Crippen LogP contribution in [0.25, 0.3) is 69.3 Å². The van der Waals surface area contributed by atoms with E-state index in [1.807, 2.05) is 22.7 Å². The second kappa shape index (κ2) is 10.0. The van der Waals surface area contributed by atoms with Gasteiger partial charge in [-0.15, -0.1) is 22.7 Å². The van der Waals surface area contributed by atoms with Crippen molar-refractivity contribution in [1.82, 2.24) is 4.57 Å². The van der Waals surface area contributed by atoms with Gasteiger partial charge in [-0.1, -0.05) is 97.1 Å². The Balaban J connectivity index is 1.18. The Morgan fingerprint density at radius 2 is 0.805 bits per heavy atom. The zero-order valence-electron chi connectivity index (χ0n) is 22.2. The van der Waals surface area contributed by atoms with E-state index >= 15 is 0 Å². The van der Waals surface area contributed by atoms with Crippen molar-refractivity contribution in [3.05, 3.63) is 152 Å². The maximum atomic E-state index is 2.39. The Morgan fingerprint density at radius 3 is 1.41 bits per heavy atom. The van der Waals surface area contributed by atoms with Crippen molar-refractivity contribution in [2.75, 3.05) is 0 Å². The van der Waals surface area contributed by atoms with Gasteiger partial charge in [0.25, 0.3) is 0 Å². The molecule has 8 aromatic rings. The van der Waals surface area contributed by atoms with Crippen LogP contribution in [0.1, 0.15) is 0 Å². The predicted molar refractivity (Wildman–Crippen MR) is 178 cm³/mol. The zero-order chi connectivity index (χ0) is 27.2. The monoisotopic (exact) mass is 559 g/mol. The number of thiophene rings is 2. The Morgan fingerprint density at radius 1 is 0.341 bits per heavy atom. The van der Waals surface area contributed by atoms with Gasteiger partial charge in [-0.25, -0.2) is 0 Å². The molecule has 8 rings (SSSR count). The standard InChI is InChI=1S/C38H25NS2/c1-3-9-26(10-4-1)35-21-22-37(40-35)28-15-18-30(19-16-28)39-33-14-8-7-13-31(33)32-25-29(17-20-34(32)39)38-24-23-36(41-38)27-11-5-2-6-12-27/h1-25H. The minimum absolute atomic E-state index is 1.18. The van der Waals surface area contributed by atoms with Crippen LogP contribution < -0.4 is 0 Å². The third-order valence-corrected chi connectivity index (χ3v) is 10.1. The summed E-state index contributed by atoms with van der Waals surface area (Å²) in [7, 11) is 0. The SMILES string of the molecule is c1ccc(-c2ccc(-c3ccc(-n4c5ccccc5c5cc(-c6ccc(-c7ccccc7)s6)ccc54)cc3)s2)cc1. The summed E-state index contributed by atoms with van der Waals surface area (Å²) in [6.07, 6.45) is 0. The Labute approximate surface area is 247 Å². The van der Waals surface area contributed by atoms with E-state index in [0.717, 1.165) is 0 Å². The second-order valence-electron chi connectivity index (χ2n) is 10.2. The van der Waals surface area contributed by atoms with E-state index in [4.69, 9.17) is 0 Å². The summed E-state index contributed by atoms with van der Waals surface area (Å²) in [6, 6.07) is 54.9. The van der Waals surface area contributed by atoms with Gasteiger partial charge in [0.2, 0.25) is 0 Å². The molecular formula is C38H25NS2. The highest BCUT2D eigenvalue weighted by Crippen LogP contribution is 2.39. The van der Waals surface area contributed by atoms with Gasteiger partial charge in [0, 0.05) is 36.0 Å². The van der Waals surface area contributed by atoms with Gasteiger partial charge in [-0.05, 0) is 76.9 Å². The topological polar surface area (TPSA) is 4.93 Å². The van der Waals surface area contributed by atoms with Crippen LogP contribution in [0.3, 0.4) is 0 Å². The first-order valence-electron chi connectivity index (χ1n) is 13.8. The average molecular weight is 560 g/mol. The largest absolute Gasteiger partial charge is 0.309 e. The summed E-state index contributed by atoms with van der Waals surface area (Å²) in [6.45, 7) is 0. The Hall–Kier alpha value is -4.70. The number of aromatic nitrogens is 1. The smallest absolute Gasteiger partial charge is 0.0541 e. The summed E-state index contributed by atoms with van der Waals surface area (Å²) in [4.78, 5) is 5.17. The molecule has 0 N–H and O–H groups in total. The molecule has 0 aliphatic heterocycles. The lowest BCUT2D eigenvalue weighted by Crippen LogP contribution is -1.93. The maximum Gasteiger partial charge on any atom is 0.0541 e. The van der Waals surface area contributed by atoms with Crippen LogP contribution in [0, 0.1) is 0 Å². The normalized spacial score (nSPS) is 11.4. The van der Waals surface area contributed by atoms with Gasteiger partial charge in [0.05, 0.1) is 11.0 Å². The molecule has 0 spiro atoms. The lowest BCUT2D eigenvalue weighted by molar-refractivity contribution is 1.18. The molecule has 1 nitrogen and oxygen atoms in total. The van der Waals surface area contributed by atoms with Crippen molar-refractivity contribution in [3.63, 3.8) is 0 Å². The second-order valence-corrected chi connectivity index (χ2v) is 12.4. The highest BCUT2D eigenvalue weighted by atomic mass is 32.1. The van der Waals surface area contributed by atoms with Crippen molar-refractivity contribution < 1.29 is 0 Å². The van der Waals surface area contributed by atoms with Crippen molar-refractivity contribution >= 4 is 44.5 Å². The van der Waals surface area contributed by atoms with Crippen LogP contribution >= 0.6 is 22.7 Å². The highest BCUT2D eigenvalue weighted by molar-refractivity contribution is 7.19. The van der Waals surface area contributed by atoms with E-state index in [1.54, 1.807) is 0 Å². The number of nitrogens with zero attached hydrogens (tertiary/aromatic N) is 1. The number of fused-ring (bicyclic) bond motifs is 3. The fourth-order valence-electron chi connectivity index (χ4n) is 5.68. The van der Waals surface area contributed by atoms with Crippen molar-refractivity contribution in [3.8, 4) is 47.4 Å². The van der Waals surface area contributed by atoms with Crippen LogP contribution in [0.2, 0.25) is 0 Å². The molecule has 41 heavy (non-hydrogen) atoms. The fourth-order valence-corrected chi connectivity index (χ4v) is 7.71. The van der Waals surface area contributed by atoms with Gasteiger partial charge >= 0.3 is 0 Å². The zero-order valence-corrected chi connectivity index (χ0v) is 23.8. The molecule has 0 fully saturated rings. The van der Waals surface area contributed by atoms with E-state index < -0.39 is 0 Å². The van der Waals surface area contributed by atoms with E-state index in [1.165, 1.54) is 69.3 Å². The van der Waals surface area contributed by atoms with E-state index in [9.17, 15) is 0 Å². The molecule has 0 amide bonds. The molecule has 3 heteroatoms. The molecule has 0 unspecified atom stereocenters. The summed E-state index contributed by atoms with van der Waals surface area (Å²) in [5.74, 6) is 0. The summed E-state index contributed by atoms with van der Waals surface area (Å²) in [5, 5.41) is 2.56. The van der Waals surface area contributed by atoms with Gasteiger partial charge in [0.15, 0.2) is 0 Å². The molecule has 0 radical (unpaired) electrons. The molecular weight excluding hydrogens is 535 g/mol. The molecule has 0 bridgehead atoms. The summed E-state index contributed by atoms with van der Waals surface area (Å²) in [5.41, 5.74) is 8.67. The lowest BCUT2D eigenvalue weighted by atomic mass is 10.1. The van der Waals surface area contributed by atoms with Crippen LogP contribution in [0.5, 0.6) is 0 Å². The molecule has 5 aromatic carbocycles. The van der Waals surface area contributed by atoms with E-state index in [0.29, 0.717) is 0 Å². The molecule has 0 aliphatic carbocycles. The van der Waals surface area contributed by atoms with E-state index in [-0.39, 0.29) is 0 Å². The highest BCUT2D eigenvalue weighted by Gasteiger charge is 2.14. The molecule has 0 aliphatic rings. The van der Waals surface area contributed by atoms with Gasteiger partial charge in [-0.2, -0.15) is 0 Å².